The van der Waals surface area contributed by atoms with Crippen molar-refractivity contribution in [3.05, 3.63) is 59.7 Å². The van der Waals surface area contributed by atoms with Crippen molar-refractivity contribution < 1.29 is 9.90 Å². The monoisotopic (exact) mass is 281 g/mol. The Morgan fingerprint density at radius 2 is 1.81 bits per heavy atom. The normalized spacial score (nSPS) is 17.1. The lowest BCUT2D eigenvalue weighted by atomic mass is 10.0. The van der Waals surface area contributed by atoms with Gasteiger partial charge in [-0.05, 0) is 35.2 Å². The van der Waals surface area contributed by atoms with Crippen LogP contribution in [0.5, 0.6) is 0 Å². The molecule has 0 aliphatic carbocycles. The van der Waals surface area contributed by atoms with Crippen LogP contribution < -0.4 is 4.90 Å². The van der Waals surface area contributed by atoms with Crippen LogP contribution in [0, 0.1) is 0 Å². The van der Waals surface area contributed by atoms with Gasteiger partial charge in [0.25, 0.3) is 0 Å². The number of aliphatic carboxylic acids is 1. The number of anilines is 2. The number of rotatable bonds is 3. The number of benzene rings is 2. The van der Waals surface area contributed by atoms with Crippen molar-refractivity contribution in [1.82, 2.24) is 0 Å². The zero-order valence-corrected chi connectivity index (χ0v) is 12.3. The second kappa shape index (κ2) is 5.24. The number of hydrogen-bond donors (Lipinski definition) is 1. The molecule has 0 saturated carbocycles. The van der Waals surface area contributed by atoms with E-state index in [4.69, 9.17) is 0 Å². The summed E-state index contributed by atoms with van der Waals surface area (Å²) < 4.78 is 0. The van der Waals surface area contributed by atoms with E-state index in [1.165, 1.54) is 5.56 Å². The molecule has 1 atom stereocenters. The molecule has 0 radical (unpaired) electrons. The van der Waals surface area contributed by atoms with E-state index in [1.54, 1.807) is 0 Å². The summed E-state index contributed by atoms with van der Waals surface area (Å²) in [5, 5.41) is 9.52. The number of carboxylic acids is 1. The molecule has 1 unspecified atom stereocenters. The third-order valence-electron chi connectivity index (χ3n) is 4.10. The van der Waals surface area contributed by atoms with Crippen molar-refractivity contribution in [2.45, 2.75) is 32.2 Å². The summed E-state index contributed by atoms with van der Waals surface area (Å²) in [5.74, 6) is -0.306. The zero-order valence-electron chi connectivity index (χ0n) is 12.3. The van der Waals surface area contributed by atoms with Gasteiger partial charge in [0.05, 0.1) is 0 Å². The molecule has 1 N–H and O–H groups in total. The van der Waals surface area contributed by atoms with Gasteiger partial charge in [0.15, 0.2) is 0 Å². The molecule has 0 bridgehead atoms. The van der Waals surface area contributed by atoms with Crippen LogP contribution in [0.4, 0.5) is 11.4 Å². The highest BCUT2D eigenvalue weighted by molar-refractivity contribution is 5.87. The standard InChI is InChI=1S/C18H19NO2/c1-12(2)13-7-9-15(10-8-13)19-16-6-4-3-5-14(16)11-17(19)18(20)21/h3-10,12,17H,11H2,1-2H3,(H,20,21). The maximum Gasteiger partial charge on any atom is 0.327 e. The Morgan fingerprint density at radius 3 is 2.43 bits per heavy atom. The van der Waals surface area contributed by atoms with E-state index in [-0.39, 0.29) is 0 Å². The molecule has 1 aliphatic rings. The van der Waals surface area contributed by atoms with Gasteiger partial charge in [-0.2, -0.15) is 0 Å². The Labute approximate surface area is 124 Å². The maximum atomic E-state index is 11.6. The SMILES string of the molecule is CC(C)c1ccc(N2c3ccccc3CC2C(=O)O)cc1. The van der Waals surface area contributed by atoms with Gasteiger partial charge >= 0.3 is 5.97 Å². The van der Waals surface area contributed by atoms with Crippen LogP contribution in [0.3, 0.4) is 0 Å². The fourth-order valence-electron chi connectivity index (χ4n) is 2.92. The van der Waals surface area contributed by atoms with Gasteiger partial charge < -0.3 is 10.0 Å². The van der Waals surface area contributed by atoms with Crippen molar-refractivity contribution in [2.75, 3.05) is 4.90 Å². The Bertz CT molecular complexity index is 661. The highest BCUT2D eigenvalue weighted by Crippen LogP contribution is 2.38. The number of para-hydroxylation sites is 1. The van der Waals surface area contributed by atoms with Crippen molar-refractivity contribution in [2.24, 2.45) is 0 Å². The Kier molecular flexibility index (Phi) is 3.42. The summed E-state index contributed by atoms with van der Waals surface area (Å²) in [6, 6.07) is 15.6. The first-order chi connectivity index (χ1) is 10.1. The van der Waals surface area contributed by atoms with Crippen LogP contribution in [0.15, 0.2) is 48.5 Å². The van der Waals surface area contributed by atoms with E-state index in [0.717, 1.165) is 16.9 Å². The molecule has 3 heteroatoms. The maximum absolute atomic E-state index is 11.6. The molecule has 2 aromatic rings. The van der Waals surface area contributed by atoms with Crippen molar-refractivity contribution in [1.29, 1.82) is 0 Å². The minimum Gasteiger partial charge on any atom is -0.480 e. The lowest BCUT2D eigenvalue weighted by Gasteiger charge is -2.25. The molecule has 1 aliphatic heterocycles. The number of carbonyl (C=O) groups is 1. The quantitative estimate of drug-likeness (QED) is 0.925. The average molecular weight is 281 g/mol. The summed E-state index contributed by atoms with van der Waals surface area (Å²) >= 11 is 0. The lowest BCUT2D eigenvalue weighted by Crippen LogP contribution is -2.35. The van der Waals surface area contributed by atoms with E-state index >= 15 is 0 Å². The summed E-state index contributed by atoms with van der Waals surface area (Å²) in [7, 11) is 0. The molecular weight excluding hydrogens is 262 g/mol. The summed E-state index contributed by atoms with van der Waals surface area (Å²) in [6.45, 7) is 4.31. The lowest BCUT2D eigenvalue weighted by molar-refractivity contribution is -0.138. The molecule has 21 heavy (non-hydrogen) atoms. The third-order valence-corrected chi connectivity index (χ3v) is 4.10. The predicted octanol–water partition coefficient (Wildman–Crippen LogP) is 3.96. The number of fused-ring (bicyclic) bond motifs is 1. The first-order valence-electron chi connectivity index (χ1n) is 7.28. The van der Waals surface area contributed by atoms with Crippen LogP contribution >= 0.6 is 0 Å². The highest BCUT2D eigenvalue weighted by atomic mass is 16.4. The second-order valence-corrected chi connectivity index (χ2v) is 5.80. The van der Waals surface area contributed by atoms with Gasteiger partial charge in [-0.15, -0.1) is 0 Å². The molecule has 108 valence electrons. The van der Waals surface area contributed by atoms with E-state index in [2.05, 4.69) is 26.0 Å². The molecule has 3 rings (SSSR count). The molecule has 3 nitrogen and oxygen atoms in total. The Hall–Kier alpha value is -2.29. The molecule has 1 heterocycles. The number of hydrogen-bond acceptors (Lipinski definition) is 2. The molecule has 0 fully saturated rings. The largest absolute Gasteiger partial charge is 0.480 e. The van der Waals surface area contributed by atoms with Crippen molar-refractivity contribution in [3.63, 3.8) is 0 Å². The van der Waals surface area contributed by atoms with Crippen LogP contribution in [-0.4, -0.2) is 17.1 Å². The Balaban J connectivity index is 2.03. The highest BCUT2D eigenvalue weighted by Gasteiger charge is 2.35. The second-order valence-electron chi connectivity index (χ2n) is 5.80. The Morgan fingerprint density at radius 1 is 1.14 bits per heavy atom. The van der Waals surface area contributed by atoms with Gasteiger partial charge in [0.1, 0.15) is 6.04 Å². The molecular formula is C18H19NO2. The van der Waals surface area contributed by atoms with E-state index in [9.17, 15) is 9.90 Å². The van der Waals surface area contributed by atoms with E-state index in [1.807, 2.05) is 41.3 Å². The smallest absolute Gasteiger partial charge is 0.327 e. The summed E-state index contributed by atoms with van der Waals surface area (Å²) in [4.78, 5) is 13.5. The van der Waals surface area contributed by atoms with E-state index < -0.39 is 12.0 Å². The van der Waals surface area contributed by atoms with Gasteiger partial charge in [0, 0.05) is 17.8 Å². The fraction of sp³-hybridized carbons (Fsp3) is 0.278. The summed E-state index contributed by atoms with van der Waals surface area (Å²) in [6.07, 6.45) is 0.553. The molecule has 0 spiro atoms. The molecule has 0 amide bonds. The van der Waals surface area contributed by atoms with Gasteiger partial charge in [-0.3, -0.25) is 0 Å². The fourth-order valence-corrected chi connectivity index (χ4v) is 2.92. The van der Waals surface area contributed by atoms with Crippen LogP contribution in [0.25, 0.3) is 0 Å². The van der Waals surface area contributed by atoms with Crippen LogP contribution in [-0.2, 0) is 11.2 Å². The van der Waals surface area contributed by atoms with Crippen molar-refractivity contribution >= 4 is 17.3 Å². The van der Waals surface area contributed by atoms with Crippen LogP contribution in [0.2, 0.25) is 0 Å². The number of nitrogens with zero attached hydrogens (tertiary/aromatic N) is 1. The minimum absolute atomic E-state index is 0.472. The third kappa shape index (κ3) is 2.40. The van der Waals surface area contributed by atoms with Crippen LogP contribution in [0.1, 0.15) is 30.9 Å². The zero-order chi connectivity index (χ0) is 15.0. The molecule has 0 saturated heterocycles. The predicted molar refractivity (Wildman–Crippen MR) is 84.2 cm³/mol. The first kappa shape index (κ1) is 13.7. The number of carboxylic acid groups (broad SMARTS) is 1. The average Bonchev–Trinajstić information content (AvgIpc) is 2.87. The molecule has 2 aromatic carbocycles. The van der Waals surface area contributed by atoms with Crippen molar-refractivity contribution in [3.8, 4) is 0 Å². The first-order valence-corrected chi connectivity index (χ1v) is 7.28. The minimum atomic E-state index is -0.779. The van der Waals surface area contributed by atoms with E-state index in [0.29, 0.717) is 12.3 Å². The van der Waals surface area contributed by atoms with Gasteiger partial charge in [-0.25, -0.2) is 4.79 Å². The molecule has 0 aromatic heterocycles. The van der Waals surface area contributed by atoms with Gasteiger partial charge in [0.2, 0.25) is 0 Å². The topological polar surface area (TPSA) is 40.5 Å². The van der Waals surface area contributed by atoms with Gasteiger partial charge in [-0.1, -0.05) is 44.2 Å². The summed E-state index contributed by atoms with van der Waals surface area (Å²) in [5.41, 5.74) is 4.30.